The van der Waals surface area contributed by atoms with E-state index in [1.165, 1.54) is 5.56 Å². The summed E-state index contributed by atoms with van der Waals surface area (Å²) in [5.74, 6) is 0.489. The first-order valence-corrected chi connectivity index (χ1v) is 11.2. The minimum Gasteiger partial charge on any atom is -0.336 e. The highest BCUT2D eigenvalue weighted by Gasteiger charge is 2.45. The summed E-state index contributed by atoms with van der Waals surface area (Å²) in [6.45, 7) is 6.10. The van der Waals surface area contributed by atoms with Crippen LogP contribution >= 0.6 is 0 Å². The van der Waals surface area contributed by atoms with Gasteiger partial charge < -0.3 is 10.6 Å². The summed E-state index contributed by atoms with van der Waals surface area (Å²) in [6, 6.07) is 11.1. The number of amides is 1. The van der Waals surface area contributed by atoms with Crippen LogP contribution in [0, 0.1) is 5.92 Å². The molecule has 3 N–H and O–H groups in total. The number of nitrogens with one attached hydrogen (secondary N) is 1. The van der Waals surface area contributed by atoms with Gasteiger partial charge in [-0.2, -0.15) is 0 Å². The fourth-order valence-corrected chi connectivity index (χ4v) is 5.45. The third-order valence-corrected chi connectivity index (χ3v) is 7.54. The Labute approximate surface area is 165 Å². The first-order chi connectivity index (χ1) is 12.8. The molecule has 2 heterocycles. The molecule has 2 saturated heterocycles. The molecule has 6 heteroatoms. The van der Waals surface area contributed by atoms with Crippen molar-refractivity contribution in [3.63, 3.8) is 0 Å². The van der Waals surface area contributed by atoms with Crippen LogP contribution in [-0.2, 0) is 22.2 Å². The first-order valence-electron chi connectivity index (χ1n) is 10.0. The molecular weight excluding hydrogens is 358 g/mol. The van der Waals surface area contributed by atoms with Crippen LogP contribution in [0.1, 0.15) is 52.0 Å². The Morgan fingerprint density at radius 3 is 2.33 bits per heavy atom. The van der Waals surface area contributed by atoms with Crippen LogP contribution in [0.5, 0.6) is 0 Å². The molecule has 0 aliphatic carbocycles. The molecule has 0 radical (unpaired) electrons. The van der Waals surface area contributed by atoms with Gasteiger partial charge in [-0.25, -0.2) is 8.93 Å². The van der Waals surface area contributed by atoms with Crippen LogP contribution < -0.4 is 10.5 Å². The lowest BCUT2D eigenvalue weighted by Gasteiger charge is -2.42. The van der Waals surface area contributed by atoms with E-state index in [0.29, 0.717) is 5.92 Å². The molecule has 0 saturated carbocycles. The summed E-state index contributed by atoms with van der Waals surface area (Å²) in [6.07, 6.45) is 4.92. The summed E-state index contributed by atoms with van der Waals surface area (Å²) in [5.41, 5.74) is 6.88. The highest BCUT2D eigenvalue weighted by atomic mass is 32.2. The summed E-state index contributed by atoms with van der Waals surface area (Å²) in [5, 5.41) is 0. The first kappa shape index (κ1) is 20.5. The molecule has 2 fully saturated rings. The molecule has 3 rings (SSSR count). The van der Waals surface area contributed by atoms with Crippen molar-refractivity contribution in [2.24, 2.45) is 11.7 Å². The van der Waals surface area contributed by atoms with Gasteiger partial charge in [-0.05, 0) is 64.4 Å². The lowest BCUT2D eigenvalue weighted by atomic mass is 9.82. The van der Waals surface area contributed by atoms with Crippen LogP contribution in [0.15, 0.2) is 30.3 Å². The third-order valence-electron chi connectivity index (χ3n) is 5.91. The number of benzene rings is 1. The minimum absolute atomic E-state index is 0.0757. The van der Waals surface area contributed by atoms with Gasteiger partial charge in [-0.1, -0.05) is 30.3 Å². The summed E-state index contributed by atoms with van der Waals surface area (Å²) in [7, 11) is -1.11. The van der Waals surface area contributed by atoms with E-state index in [0.717, 1.165) is 32.1 Å². The number of nitrogens with zero attached hydrogens (tertiary/aromatic N) is 1. The largest absolute Gasteiger partial charge is 0.336 e. The Morgan fingerprint density at radius 1 is 1.22 bits per heavy atom. The van der Waals surface area contributed by atoms with Gasteiger partial charge in [0.05, 0.1) is 22.3 Å². The van der Waals surface area contributed by atoms with Crippen molar-refractivity contribution in [3.8, 4) is 0 Å². The van der Waals surface area contributed by atoms with E-state index < -0.39 is 11.0 Å². The SMILES string of the molecule is CC(C)(C)[S@](=O)N[C@H](Cc1ccccc1)C1C[C@H]2CC[C@@H](C1)N2C(=O)CN. The van der Waals surface area contributed by atoms with Gasteiger partial charge >= 0.3 is 0 Å². The fraction of sp³-hybridized carbons (Fsp3) is 0.667. The zero-order valence-corrected chi connectivity index (χ0v) is 17.5. The molecule has 0 spiro atoms. The number of rotatable bonds is 6. The van der Waals surface area contributed by atoms with Crippen LogP contribution in [0.3, 0.4) is 0 Å². The number of hydrogen-bond acceptors (Lipinski definition) is 3. The van der Waals surface area contributed by atoms with Gasteiger partial charge in [0.2, 0.25) is 5.91 Å². The fourth-order valence-electron chi connectivity index (χ4n) is 4.55. The van der Waals surface area contributed by atoms with Gasteiger partial charge in [0.25, 0.3) is 0 Å². The van der Waals surface area contributed by atoms with Crippen molar-refractivity contribution in [2.75, 3.05) is 6.54 Å². The number of piperidine rings is 1. The monoisotopic (exact) mass is 391 g/mol. The number of carbonyl (C=O) groups excluding carboxylic acids is 1. The Morgan fingerprint density at radius 2 is 1.81 bits per heavy atom. The molecule has 1 amide bonds. The van der Waals surface area contributed by atoms with E-state index in [1.807, 2.05) is 31.7 Å². The Hall–Kier alpha value is -1.24. The van der Waals surface area contributed by atoms with Gasteiger partial charge in [0.15, 0.2) is 0 Å². The highest BCUT2D eigenvalue weighted by Crippen LogP contribution is 2.40. The molecule has 1 aromatic rings. The predicted molar refractivity (Wildman–Crippen MR) is 110 cm³/mol. The van der Waals surface area contributed by atoms with E-state index in [2.05, 4.69) is 29.0 Å². The van der Waals surface area contributed by atoms with Crippen molar-refractivity contribution in [3.05, 3.63) is 35.9 Å². The maximum Gasteiger partial charge on any atom is 0.236 e. The average molecular weight is 392 g/mol. The molecule has 150 valence electrons. The number of carbonyl (C=O) groups is 1. The van der Waals surface area contributed by atoms with Crippen molar-refractivity contribution in [1.29, 1.82) is 0 Å². The standard InChI is InChI=1S/C21H33N3O2S/c1-21(2,3)27(26)23-19(11-15-7-5-4-6-8-15)16-12-17-9-10-18(13-16)24(17)20(25)14-22/h4-8,16-19,23H,9-14,22H2,1-3H3/t16?,17-,18+,19-,27+/m1/s1. The second kappa shape index (κ2) is 8.41. The molecule has 2 bridgehead atoms. The quantitative estimate of drug-likeness (QED) is 0.782. The van der Waals surface area contributed by atoms with E-state index in [4.69, 9.17) is 5.73 Å². The molecule has 2 aliphatic rings. The van der Waals surface area contributed by atoms with Gasteiger partial charge in [-0.3, -0.25) is 4.79 Å². The average Bonchev–Trinajstić information content (AvgIpc) is 2.90. The normalized spacial score (nSPS) is 27.4. The third kappa shape index (κ3) is 4.79. The second-order valence-electron chi connectivity index (χ2n) is 8.92. The summed E-state index contributed by atoms with van der Waals surface area (Å²) in [4.78, 5) is 14.3. The Kier molecular flexibility index (Phi) is 6.39. The molecule has 5 nitrogen and oxygen atoms in total. The molecule has 27 heavy (non-hydrogen) atoms. The van der Waals surface area contributed by atoms with Crippen LogP contribution in [0.4, 0.5) is 0 Å². The van der Waals surface area contributed by atoms with Crippen molar-refractivity contribution >= 4 is 16.9 Å². The molecular formula is C21H33N3O2S. The van der Waals surface area contributed by atoms with E-state index >= 15 is 0 Å². The van der Waals surface area contributed by atoms with Gasteiger partial charge in [0.1, 0.15) is 0 Å². The zero-order valence-electron chi connectivity index (χ0n) is 16.7. The van der Waals surface area contributed by atoms with Crippen LogP contribution in [0.2, 0.25) is 0 Å². The van der Waals surface area contributed by atoms with Crippen LogP contribution in [-0.4, -0.2) is 44.4 Å². The van der Waals surface area contributed by atoms with Crippen LogP contribution in [0.25, 0.3) is 0 Å². The Balaban J connectivity index is 1.77. The molecule has 5 atom stereocenters. The number of fused-ring (bicyclic) bond motifs is 2. The predicted octanol–water partition coefficient (Wildman–Crippen LogP) is 2.38. The summed E-state index contributed by atoms with van der Waals surface area (Å²) < 4.78 is 16.0. The number of hydrogen-bond donors (Lipinski definition) is 2. The minimum atomic E-state index is -1.11. The smallest absolute Gasteiger partial charge is 0.236 e. The topological polar surface area (TPSA) is 75.4 Å². The van der Waals surface area contributed by atoms with Crippen molar-refractivity contribution in [2.45, 2.75) is 75.7 Å². The lowest BCUT2D eigenvalue weighted by Crippen LogP contribution is -2.53. The molecule has 2 aliphatic heterocycles. The highest BCUT2D eigenvalue weighted by molar-refractivity contribution is 7.84. The van der Waals surface area contributed by atoms with Crippen molar-refractivity contribution < 1.29 is 9.00 Å². The maximum absolute atomic E-state index is 12.8. The molecule has 1 unspecified atom stereocenters. The zero-order chi connectivity index (χ0) is 19.6. The van der Waals surface area contributed by atoms with Gasteiger partial charge in [-0.15, -0.1) is 0 Å². The van der Waals surface area contributed by atoms with Gasteiger partial charge in [0, 0.05) is 18.1 Å². The van der Waals surface area contributed by atoms with E-state index in [1.54, 1.807) is 0 Å². The maximum atomic E-state index is 12.8. The second-order valence-corrected chi connectivity index (χ2v) is 10.9. The van der Waals surface area contributed by atoms with E-state index in [9.17, 15) is 9.00 Å². The van der Waals surface area contributed by atoms with Crippen molar-refractivity contribution in [1.82, 2.24) is 9.62 Å². The molecule has 1 aromatic carbocycles. The Bertz CT molecular complexity index is 660. The van der Waals surface area contributed by atoms with E-state index in [-0.39, 0.29) is 35.3 Å². The number of nitrogens with two attached hydrogens (primary N) is 1. The summed E-state index contributed by atoms with van der Waals surface area (Å²) >= 11 is 0. The molecule has 0 aromatic heterocycles. The lowest BCUT2D eigenvalue weighted by molar-refractivity contribution is -0.135.